The van der Waals surface area contributed by atoms with E-state index in [-0.39, 0.29) is 5.91 Å². The molecule has 1 aliphatic rings. The summed E-state index contributed by atoms with van der Waals surface area (Å²) in [5.74, 6) is -0.251. The number of nitrogens with one attached hydrogen (secondary N) is 2. The van der Waals surface area contributed by atoms with Crippen LogP contribution in [0.2, 0.25) is 0 Å². The van der Waals surface area contributed by atoms with Gasteiger partial charge in [-0.2, -0.15) is 0 Å². The molecule has 4 heteroatoms. The van der Waals surface area contributed by atoms with E-state index in [1.807, 2.05) is 18.2 Å². The third-order valence-electron chi connectivity index (χ3n) is 3.42. The Morgan fingerprint density at radius 3 is 2.80 bits per heavy atom. The average Bonchev–Trinajstić information content (AvgIpc) is 2.47. The SMILES string of the molecule is C=CC(=O)Nc1cccc(/C(N)=C2\CCCCC2=N)c1. The van der Waals surface area contributed by atoms with Gasteiger partial charge in [-0.3, -0.25) is 4.79 Å². The van der Waals surface area contributed by atoms with E-state index >= 15 is 0 Å². The van der Waals surface area contributed by atoms with Crippen molar-refractivity contribution in [2.45, 2.75) is 25.7 Å². The Bertz CT molecular complexity index is 587. The van der Waals surface area contributed by atoms with Crippen LogP contribution in [0.3, 0.4) is 0 Å². The molecule has 1 saturated carbocycles. The van der Waals surface area contributed by atoms with E-state index in [0.29, 0.717) is 17.1 Å². The van der Waals surface area contributed by atoms with E-state index in [2.05, 4.69) is 11.9 Å². The molecule has 0 bridgehead atoms. The first-order chi connectivity index (χ1) is 9.61. The summed E-state index contributed by atoms with van der Waals surface area (Å²) in [7, 11) is 0. The Morgan fingerprint density at radius 1 is 1.35 bits per heavy atom. The molecule has 1 aromatic carbocycles. The molecular weight excluding hydrogens is 250 g/mol. The quantitative estimate of drug-likeness (QED) is 0.737. The van der Waals surface area contributed by atoms with Crippen molar-refractivity contribution in [3.8, 4) is 0 Å². The molecule has 4 N–H and O–H groups in total. The minimum absolute atomic E-state index is 0.251. The van der Waals surface area contributed by atoms with Crippen LogP contribution in [0, 0.1) is 5.41 Å². The van der Waals surface area contributed by atoms with Gasteiger partial charge in [0, 0.05) is 17.1 Å². The van der Waals surface area contributed by atoms with Crippen LogP contribution in [-0.4, -0.2) is 11.6 Å². The zero-order valence-electron chi connectivity index (χ0n) is 11.4. The van der Waals surface area contributed by atoms with Crippen molar-refractivity contribution >= 4 is 23.0 Å². The third-order valence-corrected chi connectivity index (χ3v) is 3.42. The molecule has 1 fully saturated rings. The fourth-order valence-electron chi connectivity index (χ4n) is 2.33. The highest BCUT2D eigenvalue weighted by Gasteiger charge is 2.16. The number of rotatable bonds is 3. The summed E-state index contributed by atoms with van der Waals surface area (Å²) in [5, 5.41) is 10.7. The molecule has 0 radical (unpaired) electrons. The van der Waals surface area contributed by atoms with Crippen LogP contribution < -0.4 is 11.1 Å². The van der Waals surface area contributed by atoms with Crippen LogP contribution in [0.5, 0.6) is 0 Å². The van der Waals surface area contributed by atoms with Gasteiger partial charge >= 0.3 is 0 Å². The third kappa shape index (κ3) is 3.15. The highest BCUT2D eigenvalue weighted by Crippen LogP contribution is 2.26. The molecule has 1 aromatic rings. The van der Waals surface area contributed by atoms with Crippen molar-refractivity contribution in [2.24, 2.45) is 5.73 Å². The number of allylic oxidation sites excluding steroid dienone is 1. The molecule has 0 saturated heterocycles. The van der Waals surface area contributed by atoms with Gasteiger partial charge in [0.05, 0.1) is 0 Å². The molecule has 1 aliphatic carbocycles. The lowest BCUT2D eigenvalue weighted by molar-refractivity contribution is -0.111. The van der Waals surface area contributed by atoms with Gasteiger partial charge in [-0.1, -0.05) is 18.7 Å². The lowest BCUT2D eigenvalue weighted by Gasteiger charge is -2.18. The molecule has 2 rings (SSSR count). The standard InChI is InChI=1S/C16H19N3O/c1-2-15(20)19-12-7-5-6-11(10-12)16(18)13-8-3-4-9-14(13)17/h2,5-7,10,17H,1,3-4,8-9,18H2,(H,19,20)/b16-13-,17-14?. The number of nitrogens with two attached hydrogens (primary N) is 1. The first kappa shape index (κ1) is 14.1. The van der Waals surface area contributed by atoms with Gasteiger partial charge in [-0.05, 0) is 55.0 Å². The molecule has 0 heterocycles. The predicted octanol–water partition coefficient (Wildman–Crippen LogP) is 3.07. The summed E-state index contributed by atoms with van der Waals surface area (Å²) in [6, 6.07) is 7.36. The minimum atomic E-state index is -0.251. The first-order valence-electron chi connectivity index (χ1n) is 6.72. The molecule has 4 nitrogen and oxygen atoms in total. The number of carbonyl (C=O) groups excluding carboxylic acids is 1. The van der Waals surface area contributed by atoms with E-state index in [4.69, 9.17) is 11.1 Å². The summed E-state index contributed by atoms with van der Waals surface area (Å²) in [6.45, 7) is 3.42. The Labute approximate surface area is 118 Å². The summed E-state index contributed by atoms with van der Waals surface area (Å²) in [4.78, 5) is 11.3. The summed E-state index contributed by atoms with van der Waals surface area (Å²) in [6.07, 6.45) is 5.01. The number of carbonyl (C=O) groups is 1. The van der Waals surface area contributed by atoms with Gasteiger partial charge in [0.1, 0.15) is 0 Å². The zero-order chi connectivity index (χ0) is 14.5. The molecular formula is C16H19N3O. The monoisotopic (exact) mass is 269 g/mol. The molecule has 104 valence electrons. The largest absolute Gasteiger partial charge is 0.398 e. The molecule has 20 heavy (non-hydrogen) atoms. The van der Waals surface area contributed by atoms with E-state index in [0.717, 1.165) is 36.8 Å². The fourth-order valence-corrected chi connectivity index (χ4v) is 2.33. The van der Waals surface area contributed by atoms with E-state index in [1.165, 1.54) is 6.08 Å². The second kappa shape index (κ2) is 6.19. The molecule has 0 aromatic heterocycles. The molecule has 0 unspecified atom stereocenters. The predicted molar refractivity (Wildman–Crippen MR) is 82.6 cm³/mol. The molecule has 1 amide bonds. The molecule has 0 aliphatic heterocycles. The van der Waals surface area contributed by atoms with Gasteiger partial charge in [0.15, 0.2) is 0 Å². The smallest absolute Gasteiger partial charge is 0.247 e. The number of hydrogen-bond donors (Lipinski definition) is 3. The van der Waals surface area contributed by atoms with Crippen molar-refractivity contribution in [1.29, 1.82) is 5.41 Å². The topological polar surface area (TPSA) is 79.0 Å². The van der Waals surface area contributed by atoms with Crippen molar-refractivity contribution in [2.75, 3.05) is 5.32 Å². The van der Waals surface area contributed by atoms with E-state index in [9.17, 15) is 4.79 Å². The lowest BCUT2D eigenvalue weighted by atomic mass is 9.89. The number of amides is 1. The Balaban J connectivity index is 2.30. The normalized spacial score (nSPS) is 17.5. The fraction of sp³-hybridized carbons (Fsp3) is 0.250. The van der Waals surface area contributed by atoms with E-state index in [1.54, 1.807) is 6.07 Å². The van der Waals surface area contributed by atoms with E-state index < -0.39 is 0 Å². The van der Waals surface area contributed by atoms with Crippen molar-refractivity contribution < 1.29 is 4.79 Å². The lowest BCUT2D eigenvalue weighted by Crippen LogP contribution is -2.14. The number of benzene rings is 1. The van der Waals surface area contributed by atoms with Crippen LogP contribution in [0.1, 0.15) is 31.2 Å². The maximum absolute atomic E-state index is 11.3. The van der Waals surface area contributed by atoms with Crippen LogP contribution in [0.4, 0.5) is 5.69 Å². The summed E-state index contributed by atoms with van der Waals surface area (Å²) >= 11 is 0. The Morgan fingerprint density at radius 2 is 2.10 bits per heavy atom. The first-order valence-corrected chi connectivity index (χ1v) is 6.72. The Kier molecular flexibility index (Phi) is 4.35. The van der Waals surface area contributed by atoms with Crippen molar-refractivity contribution in [3.63, 3.8) is 0 Å². The molecule has 0 spiro atoms. The molecule has 0 atom stereocenters. The second-order valence-electron chi connectivity index (χ2n) is 4.85. The second-order valence-corrected chi connectivity index (χ2v) is 4.85. The van der Waals surface area contributed by atoms with Crippen molar-refractivity contribution in [3.05, 3.63) is 48.1 Å². The summed E-state index contributed by atoms with van der Waals surface area (Å²) < 4.78 is 0. The van der Waals surface area contributed by atoms with Gasteiger partial charge in [-0.15, -0.1) is 0 Å². The minimum Gasteiger partial charge on any atom is -0.398 e. The van der Waals surface area contributed by atoms with Crippen LogP contribution in [-0.2, 0) is 4.79 Å². The average molecular weight is 269 g/mol. The van der Waals surface area contributed by atoms with Gasteiger partial charge < -0.3 is 16.5 Å². The van der Waals surface area contributed by atoms with Crippen LogP contribution in [0.15, 0.2) is 42.5 Å². The van der Waals surface area contributed by atoms with Crippen LogP contribution in [0.25, 0.3) is 5.70 Å². The zero-order valence-corrected chi connectivity index (χ0v) is 11.4. The Hall–Kier alpha value is -2.36. The highest BCUT2D eigenvalue weighted by molar-refractivity contribution is 6.05. The maximum atomic E-state index is 11.3. The maximum Gasteiger partial charge on any atom is 0.247 e. The number of hydrogen-bond acceptors (Lipinski definition) is 3. The van der Waals surface area contributed by atoms with Gasteiger partial charge in [0.25, 0.3) is 0 Å². The van der Waals surface area contributed by atoms with Crippen LogP contribution >= 0.6 is 0 Å². The van der Waals surface area contributed by atoms with Gasteiger partial charge in [0.2, 0.25) is 5.91 Å². The van der Waals surface area contributed by atoms with Gasteiger partial charge in [-0.25, -0.2) is 0 Å². The number of anilines is 1. The summed E-state index contributed by atoms with van der Waals surface area (Å²) in [5.41, 5.74) is 9.93. The highest BCUT2D eigenvalue weighted by atomic mass is 16.1. The van der Waals surface area contributed by atoms with Crippen molar-refractivity contribution in [1.82, 2.24) is 0 Å².